The molecule has 2 aromatic heterocycles. The van der Waals surface area contributed by atoms with Gasteiger partial charge in [-0.3, -0.25) is 4.79 Å². The molecule has 0 fully saturated rings. The summed E-state index contributed by atoms with van der Waals surface area (Å²) >= 11 is 2.97. The van der Waals surface area contributed by atoms with Crippen molar-refractivity contribution in [2.24, 2.45) is 0 Å². The highest BCUT2D eigenvalue weighted by atomic mass is 79.9. The number of nitro groups is 1. The van der Waals surface area contributed by atoms with Crippen LogP contribution in [0.1, 0.15) is 17.4 Å². The van der Waals surface area contributed by atoms with Gasteiger partial charge in [0, 0.05) is 6.61 Å². The Kier molecular flexibility index (Phi) is 4.65. The summed E-state index contributed by atoms with van der Waals surface area (Å²) in [5, 5.41) is 23.0. The van der Waals surface area contributed by atoms with Crippen LogP contribution in [-0.2, 0) is 11.5 Å². The summed E-state index contributed by atoms with van der Waals surface area (Å²) in [4.78, 5) is 22.0. The molecule has 10 nitrogen and oxygen atoms in total. The maximum absolute atomic E-state index is 12.0. The van der Waals surface area contributed by atoms with Gasteiger partial charge >= 0.3 is 5.82 Å². The molecule has 1 amide bonds. The highest BCUT2D eigenvalue weighted by Gasteiger charge is 2.24. The van der Waals surface area contributed by atoms with Gasteiger partial charge in [0.05, 0.1) is 18.1 Å². The van der Waals surface area contributed by atoms with Crippen LogP contribution < -0.4 is 5.32 Å². The fourth-order valence-electron chi connectivity index (χ4n) is 1.46. The van der Waals surface area contributed by atoms with E-state index in [-0.39, 0.29) is 22.7 Å². The van der Waals surface area contributed by atoms with Gasteiger partial charge in [-0.15, -0.1) is 5.10 Å². The Hall–Kier alpha value is -2.27. The average molecular weight is 359 g/mol. The SMILES string of the molecule is CCOCn1cc(NC(=O)c2n[nH]c([N+](=O)[O-])c2Br)cn1. The van der Waals surface area contributed by atoms with Gasteiger partial charge in [0.1, 0.15) is 11.2 Å². The zero-order chi connectivity index (χ0) is 15.4. The lowest BCUT2D eigenvalue weighted by molar-refractivity contribution is -0.390. The zero-order valence-electron chi connectivity index (χ0n) is 10.9. The van der Waals surface area contributed by atoms with Crippen molar-refractivity contribution >= 4 is 33.3 Å². The molecule has 2 heterocycles. The second-order valence-corrected chi connectivity index (χ2v) is 4.63. The molecule has 112 valence electrons. The Morgan fingerprint density at radius 3 is 3.05 bits per heavy atom. The first-order chi connectivity index (χ1) is 10.0. The van der Waals surface area contributed by atoms with E-state index in [1.807, 2.05) is 6.92 Å². The molecule has 0 saturated carbocycles. The molecule has 2 rings (SSSR count). The minimum Gasteiger partial charge on any atom is -0.360 e. The first kappa shape index (κ1) is 15.1. The number of nitrogens with one attached hydrogen (secondary N) is 2. The van der Waals surface area contributed by atoms with Crippen LogP contribution in [0.5, 0.6) is 0 Å². The first-order valence-electron chi connectivity index (χ1n) is 5.82. The third-order valence-electron chi connectivity index (χ3n) is 2.41. The molecule has 0 aromatic carbocycles. The van der Waals surface area contributed by atoms with E-state index >= 15 is 0 Å². The summed E-state index contributed by atoms with van der Waals surface area (Å²) in [6.07, 6.45) is 3.01. The van der Waals surface area contributed by atoms with Crippen LogP contribution in [0.2, 0.25) is 0 Å². The van der Waals surface area contributed by atoms with Gasteiger partial charge in [0.2, 0.25) is 0 Å². The maximum atomic E-state index is 12.0. The van der Waals surface area contributed by atoms with E-state index < -0.39 is 10.8 Å². The van der Waals surface area contributed by atoms with Gasteiger partial charge in [-0.05, 0) is 27.8 Å². The van der Waals surface area contributed by atoms with Crippen LogP contribution in [0.4, 0.5) is 11.5 Å². The lowest BCUT2D eigenvalue weighted by Crippen LogP contribution is -2.12. The van der Waals surface area contributed by atoms with Crippen molar-refractivity contribution in [3.63, 3.8) is 0 Å². The molecule has 0 saturated heterocycles. The van der Waals surface area contributed by atoms with E-state index in [9.17, 15) is 14.9 Å². The summed E-state index contributed by atoms with van der Waals surface area (Å²) < 4.78 is 6.65. The third kappa shape index (κ3) is 3.44. The number of aromatic amines is 1. The Morgan fingerprint density at radius 2 is 2.43 bits per heavy atom. The molecule has 21 heavy (non-hydrogen) atoms. The van der Waals surface area contributed by atoms with Crippen LogP contribution in [0.25, 0.3) is 0 Å². The van der Waals surface area contributed by atoms with Gasteiger partial charge in [-0.2, -0.15) is 5.10 Å². The molecule has 0 bridgehead atoms. The van der Waals surface area contributed by atoms with E-state index in [0.717, 1.165) is 0 Å². The molecule has 0 atom stereocenters. The van der Waals surface area contributed by atoms with Crippen molar-refractivity contribution in [2.75, 3.05) is 11.9 Å². The number of anilines is 1. The number of carbonyl (C=O) groups is 1. The van der Waals surface area contributed by atoms with Crippen LogP contribution in [0.15, 0.2) is 16.9 Å². The molecular formula is C10H11BrN6O4. The molecule has 0 spiro atoms. The Morgan fingerprint density at radius 1 is 1.67 bits per heavy atom. The van der Waals surface area contributed by atoms with Crippen molar-refractivity contribution in [1.82, 2.24) is 20.0 Å². The topological polar surface area (TPSA) is 128 Å². The fourth-order valence-corrected chi connectivity index (χ4v) is 1.97. The normalized spacial score (nSPS) is 10.6. The Balaban J connectivity index is 2.07. The van der Waals surface area contributed by atoms with Crippen LogP contribution >= 0.6 is 15.9 Å². The number of ether oxygens (including phenoxy) is 1. The number of amides is 1. The summed E-state index contributed by atoms with van der Waals surface area (Å²) in [7, 11) is 0. The molecule has 11 heteroatoms. The quantitative estimate of drug-likeness (QED) is 0.595. The predicted octanol–water partition coefficient (Wildman–Crippen LogP) is 1.52. The van der Waals surface area contributed by atoms with Crippen molar-refractivity contribution in [2.45, 2.75) is 13.7 Å². The molecule has 0 aliphatic heterocycles. The lowest BCUT2D eigenvalue weighted by Gasteiger charge is -2.00. The minimum absolute atomic E-state index is 0.00768. The number of aromatic nitrogens is 4. The van der Waals surface area contributed by atoms with Gasteiger partial charge in [0.15, 0.2) is 5.69 Å². The number of nitrogens with zero attached hydrogens (tertiary/aromatic N) is 4. The highest BCUT2D eigenvalue weighted by Crippen LogP contribution is 2.25. The molecule has 0 aliphatic rings. The van der Waals surface area contributed by atoms with Crippen LogP contribution in [0, 0.1) is 10.1 Å². The molecule has 0 radical (unpaired) electrons. The van der Waals surface area contributed by atoms with Gasteiger partial charge in [-0.25, -0.2) is 4.68 Å². The largest absolute Gasteiger partial charge is 0.360 e. The van der Waals surface area contributed by atoms with Gasteiger partial charge in [-0.1, -0.05) is 5.10 Å². The average Bonchev–Trinajstić information content (AvgIpc) is 3.03. The number of H-pyrrole nitrogens is 1. The van der Waals surface area contributed by atoms with Crippen LogP contribution in [-0.4, -0.2) is 37.4 Å². The zero-order valence-corrected chi connectivity index (χ0v) is 12.5. The van der Waals surface area contributed by atoms with Crippen molar-refractivity contribution in [3.8, 4) is 0 Å². The number of rotatable bonds is 6. The third-order valence-corrected chi connectivity index (χ3v) is 3.16. The van der Waals surface area contributed by atoms with E-state index in [4.69, 9.17) is 4.74 Å². The van der Waals surface area contributed by atoms with Crippen molar-refractivity contribution < 1.29 is 14.5 Å². The number of halogens is 1. The Bertz CT molecular complexity index is 666. The van der Waals surface area contributed by atoms with E-state index in [1.165, 1.54) is 10.9 Å². The molecule has 0 unspecified atom stereocenters. The number of hydrogen-bond acceptors (Lipinski definition) is 6. The number of hydrogen-bond donors (Lipinski definition) is 2. The Labute approximate surface area is 126 Å². The molecule has 0 aliphatic carbocycles. The van der Waals surface area contributed by atoms with E-state index in [1.54, 1.807) is 6.20 Å². The maximum Gasteiger partial charge on any atom is 0.357 e. The van der Waals surface area contributed by atoms with Crippen LogP contribution in [0.3, 0.4) is 0 Å². The van der Waals surface area contributed by atoms with Crippen molar-refractivity contribution in [1.29, 1.82) is 0 Å². The number of carbonyl (C=O) groups excluding carboxylic acids is 1. The second kappa shape index (κ2) is 6.45. The van der Waals surface area contributed by atoms with E-state index in [0.29, 0.717) is 12.3 Å². The summed E-state index contributed by atoms with van der Waals surface area (Å²) in [6.45, 7) is 2.67. The highest BCUT2D eigenvalue weighted by molar-refractivity contribution is 9.10. The fraction of sp³-hybridized carbons (Fsp3) is 0.300. The molecular weight excluding hydrogens is 348 g/mol. The van der Waals surface area contributed by atoms with E-state index in [2.05, 4.69) is 36.5 Å². The predicted molar refractivity (Wildman–Crippen MR) is 74.7 cm³/mol. The lowest BCUT2D eigenvalue weighted by atomic mass is 10.4. The standard InChI is InChI=1S/C10H11BrN6O4/c1-2-21-5-16-4-6(3-12-16)13-10(18)8-7(11)9(15-14-8)17(19)20/h3-4H,2,5H2,1H3,(H,13,18)(H,14,15). The minimum atomic E-state index is -0.673. The molecule has 2 N–H and O–H groups in total. The second-order valence-electron chi connectivity index (χ2n) is 3.84. The van der Waals surface area contributed by atoms with Gasteiger partial charge in [0.25, 0.3) is 5.91 Å². The monoisotopic (exact) mass is 358 g/mol. The molecule has 2 aromatic rings. The summed E-state index contributed by atoms with van der Waals surface area (Å²) in [5.41, 5.74) is 0.316. The summed E-state index contributed by atoms with van der Waals surface area (Å²) in [6, 6.07) is 0. The summed E-state index contributed by atoms with van der Waals surface area (Å²) in [5.74, 6) is -0.977. The van der Waals surface area contributed by atoms with Crippen molar-refractivity contribution in [3.05, 3.63) is 32.7 Å². The van der Waals surface area contributed by atoms with Gasteiger partial charge < -0.3 is 20.2 Å². The first-order valence-corrected chi connectivity index (χ1v) is 6.62. The smallest absolute Gasteiger partial charge is 0.357 e.